The van der Waals surface area contributed by atoms with Crippen molar-refractivity contribution in [1.29, 1.82) is 0 Å². The summed E-state index contributed by atoms with van der Waals surface area (Å²) in [6, 6.07) is 26.4. The number of nitrogens with one attached hydrogen (secondary N) is 3. The lowest BCUT2D eigenvalue weighted by atomic mass is 10.1. The average Bonchev–Trinajstić information content (AvgIpc) is 2.84. The minimum Gasteiger partial charge on any atom is -0.322 e. The number of hydrogen-bond acceptors (Lipinski definition) is 3. The molecule has 1 saturated heterocycles. The Labute approximate surface area is 194 Å². The van der Waals surface area contributed by atoms with Crippen LogP contribution in [0, 0.1) is 0 Å². The summed E-state index contributed by atoms with van der Waals surface area (Å²) in [6.45, 7) is 4.11. The first-order valence-electron chi connectivity index (χ1n) is 11.2. The molecule has 33 heavy (non-hydrogen) atoms. The van der Waals surface area contributed by atoms with Crippen LogP contribution in [0.5, 0.6) is 0 Å². The van der Waals surface area contributed by atoms with Crippen LogP contribution >= 0.6 is 0 Å². The zero-order chi connectivity index (χ0) is 22.9. The van der Waals surface area contributed by atoms with Crippen LogP contribution in [0.1, 0.15) is 5.56 Å². The Morgan fingerprint density at radius 3 is 1.94 bits per heavy atom. The smallest absolute Gasteiger partial charge is 0.322 e. The van der Waals surface area contributed by atoms with Crippen molar-refractivity contribution in [2.24, 2.45) is 0 Å². The molecule has 0 saturated carbocycles. The van der Waals surface area contributed by atoms with E-state index in [-0.39, 0.29) is 12.1 Å². The molecule has 170 valence electrons. The van der Waals surface area contributed by atoms with Gasteiger partial charge in [-0.25, -0.2) is 9.59 Å². The van der Waals surface area contributed by atoms with Crippen molar-refractivity contribution < 1.29 is 9.59 Å². The molecular formula is C26H29N5O2. The number of amides is 4. The van der Waals surface area contributed by atoms with Crippen molar-refractivity contribution in [3.8, 4) is 0 Å². The molecule has 1 heterocycles. The molecule has 1 aliphatic heterocycles. The van der Waals surface area contributed by atoms with Crippen molar-refractivity contribution in [1.82, 2.24) is 9.80 Å². The third-order valence-electron chi connectivity index (χ3n) is 5.62. The Kier molecular flexibility index (Phi) is 7.56. The Bertz CT molecular complexity index is 1050. The van der Waals surface area contributed by atoms with Gasteiger partial charge in [0.1, 0.15) is 0 Å². The Hall–Kier alpha value is -3.84. The van der Waals surface area contributed by atoms with Gasteiger partial charge in [-0.1, -0.05) is 54.6 Å². The number of piperazine rings is 1. The summed E-state index contributed by atoms with van der Waals surface area (Å²) in [5.74, 6) is 0. The molecule has 3 aromatic rings. The fraction of sp³-hybridized carbons (Fsp3) is 0.231. The maximum Gasteiger partial charge on any atom is 0.323 e. The van der Waals surface area contributed by atoms with Crippen molar-refractivity contribution in [2.75, 3.05) is 48.7 Å². The lowest BCUT2D eigenvalue weighted by Crippen LogP contribution is -2.50. The summed E-state index contributed by atoms with van der Waals surface area (Å²) >= 11 is 0. The van der Waals surface area contributed by atoms with Crippen LogP contribution in [0.4, 0.5) is 26.7 Å². The molecule has 1 aliphatic rings. The van der Waals surface area contributed by atoms with Gasteiger partial charge in [-0.15, -0.1) is 0 Å². The SMILES string of the molecule is O=C(Nc1ccccc1)Nc1cccc(NC(=O)N2CCN(CCc3ccccc3)CC2)c1. The van der Waals surface area contributed by atoms with E-state index < -0.39 is 0 Å². The number of hydrogen-bond donors (Lipinski definition) is 3. The second kappa shape index (κ2) is 11.2. The van der Waals surface area contributed by atoms with E-state index >= 15 is 0 Å². The monoisotopic (exact) mass is 443 g/mol. The van der Waals surface area contributed by atoms with Gasteiger partial charge in [-0.05, 0) is 42.3 Å². The Morgan fingerprint density at radius 1 is 0.667 bits per heavy atom. The van der Waals surface area contributed by atoms with Gasteiger partial charge in [0.15, 0.2) is 0 Å². The van der Waals surface area contributed by atoms with Gasteiger partial charge in [-0.3, -0.25) is 4.90 Å². The van der Waals surface area contributed by atoms with Gasteiger partial charge in [0.2, 0.25) is 0 Å². The molecule has 0 spiro atoms. The van der Waals surface area contributed by atoms with Crippen LogP contribution in [-0.2, 0) is 6.42 Å². The molecule has 4 amide bonds. The maximum atomic E-state index is 12.7. The average molecular weight is 444 g/mol. The zero-order valence-corrected chi connectivity index (χ0v) is 18.5. The summed E-state index contributed by atoms with van der Waals surface area (Å²) in [6.07, 6.45) is 1.02. The number of para-hydroxylation sites is 1. The number of rotatable bonds is 6. The van der Waals surface area contributed by atoms with Gasteiger partial charge < -0.3 is 20.9 Å². The highest BCUT2D eigenvalue weighted by atomic mass is 16.2. The predicted octanol–water partition coefficient (Wildman–Crippen LogP) is 4.72. The van der Waals surface area contributed by atoms with E-state index in [4.69, 9.17) is 0 Å². The van der Waals surface area contributed by atoms with Crippen molar-refractivity contribution in [3.05, 3.63) is 90.5 Å². The van der Waals surface area contributed by atoms with Crippen molar-refractivity contribution in [2.45, 2.75) is 6.42 Å². The summed E-state index contributed by atoms with van der Waals surface area (Å²) in [5.41, 5.74) is 3.29. The van der Waals surface area contributed by atoms with Gasteiger partial charge in [0, 0.05) is 49.8 Å². The molecule has 0 aromatic heterocycles. The summed E-state index contributed by atoms with van der Waals surface area (Å²) < 4.78 is 0. The van der Waals surface area contributed by atoms with E-state index in [0.717, 1.165) is 26.1 Å². The second-order valence-corrected chi connectivity index (χ2v) is 8.02. The van der Waals surface area contributed by atoms with E-state index in [9.17, 15) is 9.59 Å². The fourth-order valence-corrected chi connectivity index (χ4v) is 3.80. The first kappa shape index (κ1) is 22.4. The van der Waals surface area contributed by atoms with Crippen LogP contribution in [0.2, 0.25) is 0 Å². The molecule has 3 N–H and O–H groups in total. The molecule has 3 aromatic carbocycles. The summed E-state index contributed by atoms with van der Waals surface area (Å²) in [7, 11) is 0. The molecular weight excluding hydrogens is 414 g/mol. The molecule has 0 unspecified atom stereocenters. The highest BCUT2D eigenvalue weighted by Gasteiger charge is 2.21. The first-order chi connectivity index (χ1) is 16.2. The molecule has 7 nitrogen and oxygen atoms in total. The van der Waals surface area contributed by atoms with Crippen LogP contribution in [0.3, 0.4) is 0 Å². The van der Waals surface area contributed by atoms with Crippen LogP contribution in [-0.4, -0.2) is 54.6 Å². The summed E-state index contributed by atoms with van der Waals surface area (Å²) in [5, 5.41) is 8.52. The lowest BCUT2D eigenvalue weighted by molar-refractivity contribution is 0.148. The van der Waals surface area contributed by atoms with E-state index in [1.165, 1.54) is 5.56 Å². The van der Waals surface area contributed by atoms with Gasteiger partial charge >= 0.3 is 12.1 Å². The molecule has 0 bridgehead atoms. The Morgan fingerprint density at radius 2 is 1.24 bits per heavy atom. The Balaban J connectivity index is 1.23. The molecule has 1 fully saturated rings. The van der Waals surface area contributed by atoms with Crippen molar-refractivity contribution in [3.63, 3.8) is 0 Å². The largest absolute Gasteiger partial charge is 0.323 e. The highest BCUT2D eigenvalue weighted by Crippen LogP contribution is 2.17. The molecule has 7 heteroatoms. The third kappa shape index (κ3) is 6.82. The quantitative estimate of drug-likeness (QED) is 0.516. The summed E-state index contributed by atoms with van der Waals surface area (Å²) in [4.78, 5) is 29.2. The normalized spacial score (nSPS) is 13.9. The standard InChI is InChI=1S/C26H29N5O2/c32-25(27-22-10-5-2-6-11-22)28-23-12-7-13-24(20-23)29-26(33)31-18-16-30(17-19-31)15-14-21-8-3-1-4-9-21/h1-13,20H,14-19H2,(H,29,33)(H2,27,28,32). The van der Waals surface area contributed by atoms with E-state index in [2.05, 4.69) is 45.1 Å². The molecule has 0 atom stereocenters. The fourth-order valence-electron chi connectivity index (χ4n) is 3.80. The topological polar surface area (TPSA) is 76.7 Å². The van der Waals surface area contributed by atoms with E-state index in [0.29, 0.717) is 30.2 Å². The predicted molar refractivity (Wildman–Crippen MR) is 133 cm³/mol. The number of carbonyl (C=O) groups is 2. The third-order valence-corrected chi connectivity index (χ3v) is 5.62. The van der Waals surface area contributed by atoms with E-state index in [1.807, 2.05) is 47.4 Å². The van der Waals surface area contributed by atoms with Crippen LogP contribution in [0.15, 0.2) is 84.9 Å². The molecule has 4 rings (SSSR count). The number of nitrogens with zero attached hydrogens (tertiary/aromatic N) is 2. The second-order valence-electron chi connectivity index (χ2n) is 8.02. The lowest BCUT2D eigenvalue weighted by Gasteiger charge is -2.34. The van der Waals surface area contributed by atoms with E-state index in [1.54, 1.807) is 18.2 Å². The highest BCUT2D eigenvalue weighted by molar-refractivity contribution is 6.00. The molecule has 0 radical (unpaired) electrons. The van der Waals surface area contributed by atoms with Gasteiger partial charge in [-0.2, -0.15) is 0 Å². The minimum absolute atomic E-state index is 0.122. The zero-order valence-electron chi connectivity index (χ0n) is 18.5. The number of anilines is 3. The first-order valence-corrected chi connectivity index (χ1v) is 11.2. The minimum atomic E-state index is -0.337. The van der Waals surface area contributed by atoms with Crippen LogP contribution in [0.25, 0.3) is 0 Å². The van der Waals surface area contributed by atoms with Gasteiger partial charge in [0.05, 0.1) is 0 Å². The van der Waals surface area contributed by atoms with Gasteiger partial charge in [0.25, 0.3) is 0 Å². The van der Waals surface area contributed by atoms with Crippen molar-refractivity contribution >= 4 is 29.1 Å². The number of carbonyl (C=O) groups excluding carboxylic acids is 2. The number of urea groups is 2. The van der Waals surface area contributed by atoms with Crippen LogP contribution < -0.4 is 16.0 Å². The number of benzene rings is 3. The molecule has 0 aliphatic carbocycles. The maximum absolute atomic E-state index is 12.7.